The predicted molar refractivity (Wildman–Crippen MR) is 72.6 cm³/mol. The molecule has 1 nitrogen and oxygen atoms in total. The maximum atomic E-state index is 13.2. The van der Waals surface area contributed by atoms with Crippen molar-refractivity contribution in [1.29, 1.82) is 0 Å². The summed E-state index contributed by atoms with van der Waals surface area (Å²) in [7, 11) is 0. The summed E-state index contributed by atoms with van der Waals surface area (Å²) in [5.74, 6) is 2.05. The molecule has 98 valence electrons. The van der Waals surface area contributed by atoms with Crippen LogP contribution in [0.5, 0.6) is 0 Å². The van der Waals surface area contributed by atoms with Crippen LogP contribution in [0.25, 0.3) is 0 Å². The van der Waals surface area contributed by atoms with Crippen molar-refractivity contribution in [2.75, 3.05) is 0 Å². The number of rotatable bonds is 3. The fourth-order valence-corrected chi connectivity index (χ4v) is 4.36. The molecule has 18 heavy (non-hydrogen) atoms. The Hall–Kier alpha value is -0.410. The number of fused-ring (bicyclic) bond motifs is 2. The molecular formula is C15H18BrFO. The lowest BCUT2D eigenvalue weighted by atomic mass is 9.83. The van der Waals surface area contributed by atoms with Crippen molar-refractivity contribution >= 4 is 15.9 Å². The van der Waals surface area contributed by atoms with E-state index in [1.807, 2.05) is 0 Å². The Kier molecular flexibility index (Phi) is 3.46. The Morgan fingerprint density at radius 1 is 1.33 bits per heavy atom. The van der Waals surface area contributed by atoms with Crippen LogP contribution in [0.1, 0.15) is 43.8 Å². The van der Waals surface area contributed by atoms with Gasteiger partial charge in [-0.15, -0.1) is 0 Å². The van der Waals surface area contributed by atoms with Crippen LogP contribution in [0, 0.1) is 23.6 Å². The fourth-order valence-electron chi connectivity index (χ4n) is 3.85. The van der Waals surface area contributed by atoms with E-state index in [2.05, 4.69) is 15.9 Å². The molecule has 1 aromatic carbocycles. The smallest absolute Gasteiger partial charge is 0.123 e. The van der Waals surface area contributed by atoms with Gasteiger partial charge in [-0.1, -0.05) is 22.4 Å². The van der Waals surface area contributed by atoms with E-state index in [9.17, 15) is 9.50 Å². The zero-order chi connectivity index (χ0) is 12.7. The second-order valence-corrected chi connectivity index (χ2v) is 6.71. The molecule has 4 unspecified atom stereocenters. The molecule has 0 heterocycles. The highest BCUT2D eigenvalue weighted by Crippen LogP contribution is 2.51. The van der Waals surface area contributed by atoms with Crippen LogP contribution in [-0.4, -0.2) is 5.11 Å². The zero-order valence-corrected chi connectivity index (χ0v) is 11.9. The molecule has 2 aliphatic rings. The van der Waals surface area contributed by atoms with Crippen LogP contribution in [0.15, 0.2) is 22.7 Å². The molecule has 0 saturated heterocycles. The lowest BCUT2D eigenvalue weighted by molar-refractivity contribution is 0.124. The van der Waals surface area contributed by atoms with E-state index in [1.54, 1.807) is 6.07 Å². The first-order valence-electron chi connectivity index (χ1n) is 6.76. The van der Waals surface area contributed by atoms with Gasteiger partial charge in [0.05, 0.1) is 6.10 Å². The van der Waals surface area contributed by atoms with E-state index in [4.69, 9.17) is 0 Å². The summed E-state index contributed by atoms with van der Waals surface area (Å²) in [6.45, 7) is 0. The Labute approximate surface area is 116 Å². The number of benzene rings is 1. The van der Waals surface area contributed by atoms with Crippen molar-refractivity contribution in [3.63, 3.8) is 0 Å². The third kappa shape index (κ3) is 2.35. The third-order valence-electron chi connectivity index (χ3n) is 4.73. The number of aliphatic hydroxyl groups excluding tert-OH is 1. The topological polar surface area (TPSA) is 20.2 Å². The molecule has 3 rings (SSSR count). The second kappa shape index (κ2) is 4.93. The highest BCUT2D eigenvalue weighted by molar-refractivity contribution is 9.10. The minimum atomic E-state index is -0.542. The van der Waals surface area contributed by atoms with Gasteiger partial charge >= 0.3 is 0 Å². The van der Waals surface area contributed by atoms with Crippen LogP contribution in [0.2, 0.25) is 0 Å². The van der Waals surface area contributed by atoms with E-state index >= 15 is 0 Å². The van der Waals surface area contributed by atoms with E-state index in [-0.39, 0.29) is 5.82 Å². The molecule has 0 aromatic heterocycles. The molecule has 2 aliphatic carbocycles. The maximum Gasteiger partial charge on any atom is 0.123 e. The summed E-state index contributed by atoms with van der Waals surface area (Å²) in [6, 6.07) is 4.54. The maximum absolute atomic E-state index is 13.2. The van der Waals surface area contributed by atoms with Crippen LogP contribution >= 0.6 is 15.9 Å². The molecule has 0 amide bonds. The van der Waals surface area contributed by atoms with Crippen LogP contribution < -0.4 is 0 Å². The first-order valence-corrected chi connectivity index (χ1v) is 7.56. The molecule has 3 heteroatoms. The van der Waals surface area contributed by atoms with Gasteiger partial charge in [0.2, 0.25) is 0 Å². The Morgan fingerprint density at radius 3 is 2.83 bits per heavy atom. The summed E-state index contributed by atoms with van der Waals surface area (Å²) in [5.41, 5.74) is 0.692. The monoisotopic (exact) mass is 312 g/mol. The SMILES string of the molecule is OC(CC1CC2CCC1C2)c1cc(F)ccc1Br. The Morgan fingerprint density at radius 2 is 2.17 bits per heavy atom. The van der Waals surface area contributed by atoms with Crippen LogP contribution in [0.3, 0.4) is 0 Å². The Balaban J connectivity index is 1.71. The quantitative estimate of drug-likeness (QED) is 0.874. The Bertz CT molecular complexity index is 448. The summed E-state index contributed by atoms with van der Waals surface area (Å²) in [4.78, 5) is 0. The van der Waals surface area contributed by atoms with E-state index in [0.29, 0.717) is 11.5 Å². The van der Waals surface area contributed by atoms with E-state index in [1.165, 1.54) is 37.8 Å². The van der Waals surface area contributed by atoms with Gasteiger partial charge in [0.1, 0.15) is 5.82 Å². The van der Waals surface area contributed by atoms with Crippen molar-refractivity contribution in [3.8, 4) is 0 Å². The first kappa shape index (κ1) is 12.6. The molecule has 2 saturated carbocycles. The molecule has 1 aromatic rings. The second-order valence-electron chi connectivity index (χ2n) is 5.85. The minimum absolute atomic E-state index is 0.278. The van der Waals surface area contributed by atoms with Crippen molar-refractivity contribution in [2.45, 2.75) is 38.2 Å². The summed E-state index contributed by atoms with van der Waals surface area (Å²) < 4.78 is 14.0. The van der Waals surface area contributed by atoms with Crippen molar-refractivity contribution in [3.05, 3.63) is 34.1 Å². The van der Waals surface area contributed by atoms with Gasteiger partial charge in [-0.25, -0.2) is 4.39 Å². The van der Waals surface area contributed by atoms with Gasteiger partial charge in [0.15, 0.2) is 0 Å². The predicted octanol–water partition coefficient (Wildman–Crippen LogP) is 4.45. The number of hydrogen-bond donors (Lipinski definition) is 1. The number of aliphatic hydroxyl groups is 1. The molecule has 0 spiro atoms. The molecule has 4 atom stereocenters. The van der Waals surface area contributed by atoms with Gasteiger partial charge in [0, 0.05) is 4.47 Å². The number of hydrogen-bond acceptors (Lipinski definition) is 1. The summed E-state index contributed by atoms with van der Waals surface area (Å²) in [6.07, 6.45) is 5.55. The summed E-state index contributed by atoms with van der Waals surface area (Å²) in [5, 5.41) is 10.3. The van der Waals surface area contributed by atoms with Crippen molar-refractivity contribution in [1.82, 2.24) is 0 Å². The molecule has 2 fully saturated rings. The fraction of sp³-hybridized carbons (Fsp3) is 0.600. The lowest BCUT2D eigenvalue weighted by Gasteiger charge is -2.24. The average molecular weight is 313 g/mol. The number of halogens is 2. The highest BCUT2D eigenvalue weighted by Gasteiger charge is 2.40. The molecule has 1 N–H and O–H groups in total. The molecule has 0 aliphatic heterocycles. The van der Waals surface area contributed by atoms with Gasteiger partial charge in [0.25, 0.3) is 0 Å². The summed E-state index contributed by atoms with van der Waals surface area (Å²) >= 11 is 3.39. The van der Waals surface area contributed by atoms with E-state index in [0.717, 1.165) is 22.7 Å². The average Bonchev–Trinajstić information content (AvgIpc) is 2.94. The third-order valence-corrected chi connectivity index (χ3v) is 5.45. The van der Waals surface area contributed by atoms with Gasteiger partial charge in [-0.3, -0.25) is 0 Å². The zero-order valence-electron chi connectivity index (χ0n) is 10.3. The van der Waals surface area contributed by atoms with E-state index < -0.39 is 6.10 Å². The van der Waals surface area contributed by atoms with Crippen molar-refractivity contribution < 1.29 is 9.50 Å². The first-order chi connectivity index (χ1) is 8.63. The van der Waals surface area contributed by atoms with Crippen LogP contribution in [-0.2, 0) is 0 Å². The van der Waals surface area contributed by atoms with Crippen LogP contribution in [0.4, 0.5) is 4.39 Å². The lowest BCUT2D eigenvalue weighted by Crippen LogP contribution is -2.14. The molecular weight excluding hydrogens is 295 g/mol. The highest BCUT2D eigenvalue weighted by atomic mass is 79.9. The standard InChI is InChI=1S/C15H18BrFO/c16-14-4-3-12(17)8-13(14)15(18)7-11-6-9-1-2-10(11)5-9/h3-4,8-11,15,18H,1-2,5-7H2. The minimum Gasteiger partial charge on any atom is -0.388 e. The largest absolute Gasteiger partial charge is 0.388 e. The molecule has 0 radical (unpaired) electrons. The van der Waals surface area contributed by atoms with Gasteiger partial charge in [-0.05, 0) is 67.2 Å². The van der Waals surface area contributed by atoms with Crippen molar-refractivity contribution in [2.24, 2.45) is 17.8 Å². The normalized spacial score (nSPS) is 31.8. The van der Waals surface area contributed by atoms with Gasteiger partial charge < -0.3 is 5.11 Å². The molecule has 2 bridgehead atoms. The van der Waals surface area contributed by atoms with Gasteiger partial charge in [-0.2, -0.15) is 0 Å².